The second-order valence-corrected chi connectivity index (χ2v) is 3.82. The molecule has 0 spiro atoms. The van der Waals surface area contributed by atoms with Gasteiger partial charge in [-0.15, -0.1) is 0 Å². The minimum absolute atomic E-state index is 0.165. The third-order valence-electron chi connectivity index (χ3n) is 2.04. The lowest BCUT2D eigenvalue weighted by atomic mass is 10.3. The molecule has 0 aliphatic heterocycles. The van der Waals surface area contributed by atoms with Crippen molar-refractivity contribution in [2.75, 3.05) is 25.1 Å². The Kier molecular flexibility index (Phi) is 6.35. The molecule has 0 fully saturated rings. The molecule has 0 aliphatic rings. The van der Waals surface area contributed by atoms with Gasteiger partial charge in [0.15, 0.2) is 5.11 Å². The van der Waals surface area contributed by atoms with E-state index in [0.717, 1.165) is 11.4 Å². The Bertz CT molecular complexity index is 341. The van der Waals surface area contributed by atoms with Crippen LogP contribution in [0.15, 0.2) is 24.3 Å². The molecule has 0 bridgehead atoms. The van der Waals surface area contributed by atoms with Crippen LogP contribution in [0.25, 0.3) is 0 Å². The van der Waals surface area contributed by atoms with Crippen molar-refractivity contribution in [2.24, 2.45) is 0 Å². The van der Waals surface area contributed by atoms with Gasteiger partial charge in [0.25, 0.3) is 0 Å². The van der Waals surface area contributed by atoms with E-state index in [4.69, 9.17) is 22.1 Å². The lowest BCUT2D eigenvalue weighted by molar-refractivity contribution is 0.289. The summed E-state index contributed by atoms with van der Waals surface area (Å²) in [5, 5.41) is 15.2. The van der Waals surface area contributed by atoms with Crippen molar-refractivity contribution >= 4 is 23.0 Å². The van der Waals surface area contributed by atoms with E-state index in [2.05, 4.69) is 10.6 Å². The van der Waals surface area contributed by atoms with E-state index in [1.165, 1.54) is 0 Å². The van der Waals surface area contributed by atoms with E-state index in [-0.39, 0.29) is 6.61 Å². The highest BCUT2D eigenvalue weighted by Gasteiger charge is 1.97. The predicted octanol–water partition coefficient (Wildman–Crippen LogP) is 1.75. The average Bonchev–Trinajstić information content (AvgIpc) is 2.32. The molecule has 0 aliphatic carbocycles. The molecule has 1 aromatic carbocycles. The van der Waals surface area contributed by atoms with Gasteiger partial charge in [0, 0.05) is 18.8 Å². The number of anilines is 1. The maximum absolute atomic E-state index is 8.63. The van der Waals surface area contributed by atoms with Crippen LogP contribution in [0, 0.1) is 0 Å². The lowest BCUT2D eigenvalue weighted by Gasteiger charge is -2.10. The molecule has 0 heterocycles. The van der Waals surface area contributed by atoms with E-state index in [0.29, 0.717) is 24.7 Å². The zero-order valence-electron chi connectivity index (χ0n) is 9.90. The maximum Gasteiger partial charge on any atom is 0.170 e. The normalized spacial score (nSPS) is 9.76. The molecule has 0 atom stereocenters. The average molecular weight is 254 g/mol. The van der Waals surface area contributed by atoms with Crippen LogP contribution in [-0.2, 0) is 0 Å². The highest BCUT2D eigenvalue weighted by molar-refractivity contribution is 7.80. The molecule has 1 rings (SSSR count). The zero-order chi connectivity index (χ0) is 12.5. The Labute approximate surface area is 107 Å². The number of aliphatic hydroxyl groups is 1. The SMILES string of the molecule is CCOc1ccc(NC(=S)NCCCO)cc1. The van der Waals surface area contributed by atoms with Gasteiger partial charge in [-0.1, -0.05) is 0 Å². The van der Waals surface area contributed by atoms with Crippen LogP contribution in [0.3, 0.4) is 0 Å². The van der Waals surface area contributed by atoms with Crippen molar-refractivity contribution in [2.45, 2.75) is 13.3 Å². The summed E-state index contributed by atoms with van der Waals surface area (Å²) in [6, 6.07) is 7.60. The molecule has 0 radical (unpaired) electrons. The molecule has 0 saturated heterocycles. The van der Waals surface area contributed by atoms with Gasteiger partial charge in [-0.05, 0) is 49.8 Å². The van der Waals surface area contributed by atoms with Gasteiger partial charge >= 0.3 is 0 Å². The largest absolute Gasteiger partial charge is 0.494 e. The van der Waals surface area contributed by atoms with E-state index >= 15 is 0 Å². The monoisotopic (exact) mass is 254 g/mol. The summed E-state index contributed by atoms with van der Waals surface area (Å²) in [6.07, 6.45) is 0.686. The topological polar surface area (TPSA) is 53.5 Å². The van der Waals surface area contributed by atoms with Crippen LogP contribution >= 0.6 is 12.2 Å². The van der Waals surface area contributed by atoms with Gasteiger partial charge in [-0.2, -0.15) is 0 Å². The molecule has 0 amide bonds. The number of benzene rings is 1. The van der Waals surface area contributed by atoms with Gasteiger partial charge < -0.3 is 20.5 Å². The standard InChI is InChI=1S/C12H18N2O2S/c1-2-16-11-6-4-10(5-7-11)14-12(17)13-8-3-9-15/h4-7,15H,2-3,8-9H2,1H3,(H2,13,14,17). The summed E-state index contributed by atoms with van der Waals surface area (Å²) < 4.78 is 5.34. The molecule has 0 saturated carbocycles. The third-order valence-corrected chi connectivity index (χ3v) is 2.29. The fraction of sp³-hybridized carbons (Fsp3) is 0.417. The van der Waals surface area contributed by atoms with Crippen LogP contribution in [0.1, 0.15) is 13.3 Å². The quantitative estimate of drug-likeness (QED) is 0.533. The van der Waals surface area contributed by atoms with Crippen molar-refractivity contribution in [3.05, 3.63) is 24.3 Å². The first-order valence-electron chi connectivity index (χ1n) is 5.65. The first-order chi connectivity index (χ1) is 8.26. The Morgan fingerprint density at radius 2 is 2.06 bits per heavy atom. The number of aliphatic hydroxyl groups excluding tert-OH is 1. The summed E-state index contributed by atoms with van der Waals surface area (Å²) in [6.45, 7) is 3.44. The van der Waals surface area contributed by atoms with Crippen molar-refractivity contribution in [1.82, 2.24) is 5.32 Å². The van der Waals surface area contributed by atoms with Gasteiger partial charge in [-0.3, -0.25) is 0 Å². The van der Waals surface area contributed by atoms with E-state index in [1.807, 2.05) is 31.2 Å². The summed E-state index contributed by atoms with van der Waals surface area (Å²) >= 11 is 5.10. The van der Waals surface area contributed by atoms with Crippen LogP contribution in [0.5, 0.6) is 5.75 Å². The van der Waals surface area contributed by atoms with E-state index in [9.17, 15) is 0 Å². The number of hydrogen-bond acceptors (Lipinski definition) is 3. The zero-order valence-corrected chi connectivity index (χ0v) is 10.7. The summed E-state index contributed by atoms with van der Waals surface area (Å²) in [5.74, 6) is 0.845. The Morgan fingerprint density at radius 3 is 2.65 bits per heavy atom. The molecule has 17 heavy (non-hydrogen) atoms. The van der Waals surface area contributed by atoms with Crippen LogP contribution in [0.2, 0.25) is 0 Å². The fourth-order valence-electron chi connectivity index (χ4n) is 1.26. The number of thiocarbonyl (C=S) groups is 1. The number of ether oxygens (including phenoxy) is 1. The second-order valence-electron chi connectivity index (χ2n) is 3.42. The van der Waals surface area contributed by atoms with Gasteiger partial charge in [0.05, 0.1) is 6.61 Å². The summed E-state index contributed by atoms with van der Waals surface area (Å²) in [7, 11) is 0. The molecule has 3 N–H and O–H groups in total. The number of hydrogen-bond donors (Lipinski definition) is 3. The van der Waals surface area contributed by atoms with E-state index in [1.54, 1.807) is 0 Å². The van der Waals surface area contributed by atoms with Crippen LogP contribution in [-0.4, -0.2) is 30.0 Å². The molecule has 4 nitrogen and oxygen atoms in total. The lowest BCUT2D eigenvalue weighted by Crippen LogP contribution is -2.29. The van der Waals surface area contributed by atoms with Gasteiger partial charge in [-0.25, -0.2) is 0 Å². The molecule has 5 heteroatoms. The first-order valence-corrected chi connectivity index (χ1v) is 6.05. The molecular formula is C12H18N2O2S. The van der Waals surface area contributed by atoms with Crippen molar-refractivity contribution < 1.29 is 9.84 Å². The van der Waals surface area contributed by atoms with Gasteiger partial charge in [0.1, 0.15) is 5.75 Å². The highest BCUT2D eigenvalue weighted by Crippen LogP contribution is 2.15. The van der Waals surface area contributed by atoms with Crippen molar-refractivity contribution in [3.63, 3.8) is 0 Å². The predicted molar refractivity (Wildman–Crippen MR) is 73.5 cm³/mol. The smallest absolute Gasteiger partial charge is 0.170 e. The maximum atomic E-state index is 8.63. The Hall–Kier alpha value is -1.33. The highest BCUT2D eigenvalue weighted by atomic mass is 32.1. The third kappa shape index (κ3) is 5.51. The Balaban J connectivity index is 2.37. The van der Waals surface area contributed by atoms with Crippen LogP contribution < -0.4 is 15.4 Å². The molecular weight excluding hydrogens is 236 g/mol. The molecule has 1 aromatic rings. The van der Waals surface area contributed by atoms with E-state index < -0.39 is 0 Å². The van der Waals surface area contributed by atoms with Crippen molar-refractivity contribution in [3.8, 4) is 5.75 Å². The fourth-order valence-corrected chi connectivity index (χ4v) is 1.48. The summed E-state index contributed by atoms with van der Waals surface area (Å²) in [4.78, 5) is 0. The Morgan fingerprint density at radius 1 is 1.35 bits per heavy atom. The van der Waals surface area contributed by atoms with Gasteiger partial charge in [0.2, 0.25) is 0 Å². The molecule has 0 aromatic heterocycles. The van der Waals surface area contributed by atoms with Crippen LogP contribution in [0.4, 0.5) is 5.69 Å². The van der Waals surface area contributed by atoms with Crippen molar-refractivity contribution in [1.29, 1.82) is 0 Å². The molecule has 0 unspecified atom stereocenters. The minimum Gasteiger partial charge on any atom is -0.494 e. The number of rotatable bonds is 6. The first kappa shape index (κ1) is 13.7. The second kappa shape index (κ2) is 7.86. The number of nitrogens with one attached hydrogen (secondary N) is 2. The molecule has 94 valence electrons. The minimum atomic E-state index is 0.165. The summed E-state index contributed by atoms with van der Waals surface area (Å²) in [5.41, 5.74) is 0.912.